The van der Waals surface area contributed by atoms with E-state index in [0.717, 1.165) is 12.0 Å². The smallest absolute Gasteiger partial charge is 0.224 e. The van der Waals surface area contributed by atoms with Gasteiger partial charge >= 0.3 is 0 Å². The Morgan fingerprint density at radius 2 is 2.37 bits per heavy atom. The van der Waals surface area contributed by atoms with Crippen molar-refractivity contribution in [3.63, 3.8) is 0 Å². The van der Waals surface area contributed by atoms with Gasteiger partial charge in [0.1, 0.15) is 12.7 Å². The van der Waals surface area contributed by atoms with Crippen molar-refractivity contribution in [2.45, 2.75) is 19.9 Å². The first-order valence-electron chi connectivity index (χ1n) is 6.24. The zero-order valence-electron chi connectivity index (χ0n) is 10.9. The molecular weight excluding hydrogens is 242 g/mol. The lowest BCUT2D eigenvalue weighted by Gasteiger charge is -2.11. The summed E-state index contributed by atoms with van der Waals surface area (Å²) < 4.78 is 1.66. The molecule has 2 rings (SSSR count). The number of hydrogen-bond donors (Lipinski definition) is 1. The van der Waals surface area contributed by atoms with Crippen LogP contribution in [0.3, 0.4) is 0 Å². The second-order valence-electron chi connectivity index (χ2n) is 4.42. The van der Waals surface area contributed by atoms with Gasteiger partial charge < -0.3 is 5.32 Å². The van der Waals surface area contributed by atoms with Gasteiger partial charge in [0.15, 0.2) is 0 Å². The maximum Gasteiger partial charge on any atom is 0.224 e. The molecule has 0 spiro atoms. The number of aromatic nitrogens is 4. The molecule has 6 heteroatoms. The average molecular weight is 259 g/mol. The standard InChI is InChI=1S/C13H17N5O/c1-11(8-18-10-15-9-17-18)13(19)16-6-4-12-3-2-5-14-7-12/h2-3,5,7,9-11H,4,6,8H2,1H3,(H,16,19). The number of carbonyl (C=O) groups is 1. The van der Waals surface area contributed by atoms with Gasteiger partial charge in [0.25, 0.3) is 0 Å². The second-order valence-corrected chi connectivity index (χ2v) is 4.42. The normalized spacial score (nSPS) is 12.1. The molecule has 1 N–H and O–H groups in total. The van der Waals surface area contributed by atoms with E-state index in [-0.39, 0.29) is 11.8 Å². The van der Waals surface area contributed by atoms with Crippen molar-refractivity contribution in [1.29, 1.82) is 0 Å². The van der Waals surface area contributed by atoms with Crippen LogP contribution in [0.2, 0.25) is 0 Å². The Labute approximate surface area is 111 Å². The molecule has 0 radical (unpaired) electrons. The van der Waals surface area contributed by atoms with E-state index in [1.54, 1.807) is 17.2 Å². The van der Waals surface area contributed by atoms with Gasteiger partial charge in [-0.2, -0.15) is 5.10 Å². The first-order valence-corrected chi connectivity index (χ1v) is 6.24. The van der Waals surface area contributed by atoms with E-state index in [0.29, 0.717) is 13.1 Å². The molecule has 100 valence electrons. The monoisotopic (exact) mass is 259 g/mol. The van der Waals surface area contributed by atoms with Crippen LogP contribution in [0.15, 0.2) is 37.2 Å². The Hall–Kier alpha value is -2.24. The van der Waals surface area contributed by atoms with Gasteiger partial charge in [-0.1, -0.05) is 13.0 Å². The summed E-state index contributed by atoms with van der Waals surface area (Å²) in [5, 5.41) is 6.90. The van der Waals surface area contributed by atoms with E-state index in [2.05, 4.69) is 20.4 Å². The second kappa shape index (κ2) is 6.63. The van der Waals surface area contributed by atoms with Crippen LogP contribution >= 0.6 is 0 Å². The van der Waals surface area contributed by atoms with Gasteiger partial charge in [0.05, 0.1) is 12.5 Å². The molecule has 0 bridgehead atoms. The topological polar surface area (TPSA) is 72.7 Å². The van der Waals surface area contributed by atoms with Crippen molar-refractivity contribution in [2.75, 3.05) is 6.54 Å². The van der Waals surface area contributed by atoms with Crippen molar-refractivity contribution in [3.05, 3.63) is 42.7 Å². The van der Waals surface area contributed by atoms with Crippen LogP contribution in [0, 0.1) is 5.92 Å². The molecule has 1 atom stereocenters. The summed E-state index contributed by atoms with van der Waals surface area (Å²) in [7, 11) is 0. The largest absolute Gasteiger partial charge is 0.355 e. The van der Waals surface area contributed by atoms with Crippen LogP contribution in [-0.2, 0) is 17.8 Å². The summed E-state index contributed by atoms with van der Waals surface area (Å²) in [6.45, 7) is 3.03. The predicted molar refractivity (Wildman–Crippen MR) is 70.1 cm³/mol. The summed E-state index contributed by atoms with van der Waals surface area (Å²) in [5.74, 6) is -0.102. The van der Waals surface area contributed by atoms with Gasteiger partial charge in [-0.25, -0.2) is 4.98 Å². The van der Waals surface area contributed by atoms with E-state index < -0.39 is 0 Å². The van der Waals surface area contributed by atoms with Crippen LogP contribution in [0.5, 0.6) is 0 Å². The highest BCUT2D eigenvalue weighted by Crippen LogP contribution is 2.00. The van der Waals surface area contributed by atoms with E-state index in [9.17, 15) is 4.79 Å². The molecule has 2 aromatic heterocycles. The van der Waals surface area contributed by atoms with Crippen molar-refractivity contribution in [1.82, 2.24) is 25.1 Å². The molecule has 0 aliphatic heterocycles. The summed E-state index contributed by atoms with van der Waals surface area (Å²) in [6, 6.07) is 3.89. The molecule has 2 heterocycles. The van der Waals surface area contributed by atoms with Crippen LogP contribution in [0.4, 0.5) is 0 Å². The fourth-order valence-corrected chi connectivity index (χ4v) is 1.74. The Kier molecular flexibility index (Phi) is 4.60. The highest BCUT2D eigenvalue weighted by Gasteiger charge is 2.13. The fourth-order valence-electron chi connectivity index (χ4n) is 1.74. The van der Waals surface area contributed by atoms with Crippen LogP contribution in [0.1, 0.15) is 12.5 Å². The Bertz CT molecular complexity index is 497. The van der Waals surface area contributed by atoms with E-state index >= 15 is 0 Å². The molecule has 19 heavy (non-hydrogen) atoms. The van der Waals surface area contributed by atoms with Crippen molar-refractivity contribution >= 4 is 5.91 Å². The number of amides is 1. The number of nitrogens with one attached hydrogen (secondary N) is 1. The first kappa shape index (κ1) is 13.2. The molecule has 1 unspecified atom stereocenters. The third kappa shape index (κ3) is 4.17. The van der Waals surface area contributed by atoms with E-state index in [4.69, 9.17) is 0 Å². The average Bonchev–Trinajstić information content (AvgIpc) is 2.92. The number of hydrogen-bond acceptors (Lipinski definition) is 4. The fraction of sp³-hybridized carbons (Fsp3) is 0.385. The number of rotatable bonds is 6. The molecule has 1 amide bonds. The Balaban J connectivity index is 1.72. The number of carbonyl (C=O) groups excluding carboxylic acids is 1. The lowest BCUT2D eigenvalue weighted by Crippen LogP contribution is -2.33. The summed E-state index contributed by atoms with van der Waals surface area (Å²) in [4.78, 5) is 19.8. The predicted octanol–water partition coefficient (Wildman–Crippen LogP) is 0.668. The molecule has 0 saturated carbocycles. The molecule has 0 aliphatic rings. The van der Waals surface area contributed by atoms with Gasteiger partial charge in [-0.15, -0.1) is 0 Å². The van der Waals surface area contributed by atoms with Crippen LogP contribution in [-0.4, -0.2) is 32.2 Å². The first-order chi connectivity index (χ1) is 9.25. The minimum absolute atomic E-state index is 0.0272. The zero-order valence-corrected chi connectivity index (χ0v) is 10.9. The van der Waals surface area contributed by atoms with Crippen molar-refractivity contribution in [3.8, 4) is 0 Å². The zero-order chi connectivity index (χ0) is 13.5. The lowest BCUT2D eigenvalue weighted by atomic mass is 10.1. The van der Waals surface area contributed by atoms with Crippen molar-refractivity contribution < 1.29 is 4.79 Å². The Morgan fingerprint density at radius 1 is 1.47 bits per heavy atom. The minimum Gasteiger partial charge on any atom is -0.355 e. The molecule has 0 aromatic carbocycles. The highest BCUT2D eigenvalue weighted by atomic mass is 16.1. The summed E-state index contributed by atoms with van der Waals surface area (Å²) in [6.07, 6.45) is 7.41. The molecular formula is C13H17N5O. The van der Waals surface area contributed by atoms with E-state index in [1.165, 1.54) is 6.33 Å². The molecule has 6 nitrogen and oxygen atoms in total. The summed E-state index contributed by atoms with van der Waals surface area (Å²) in [5.41, 5.74) is 1.12. The third-order valence-electron chi connectivity index (χ3n) is 2.81. The molecule has 0 saturated heterocycles. The number of pyridine rings is 1. The molecule has 0 fully saturated rings. The van der Waals surface area contributed by atoms with Crippen LogP contribution in [0.25, 0.3) is 0 Å². The lowest BCUT2D eigenvalue weighted by molar-refractivity contribution is -0.124. The van der Waals surface area contributed by atoms with Gasteiger partial charge in [0, 0.05) is 18.9 Å². The molecule has 0 aliphatic carbocycles. The highest BCUT2D eigenvalue weighted by molar-refractivity contribution is 5.78. The SMILES string of the molecule is CC(Cn1cncn1)C(=O)NCCc1cccnc1. The van der Waals surface area contributed by atoms with Gasteiger partial charge in [-0.05, 0) is 18.1 Å². The summed E-state index contributed by atoms with van der Waals surface area (Å²) >= 11 is 0. The van der Waals surface area contributed by atoms with Gasteiger partial charge in [-0.3, -0.25) is 14.5 Å². The number of nitrogens with zero attached hydrogens (tertiary/aromatic N) is 4. The molecule has 2 aromatic rings. The Morgan fingerprint density at radius 3 is 3.05 bits per heavy atom. The maximum atomic E-state index is 11.9. The third-order valence-corrected chi connectivity index (χ3v) is 2.81. The van der Waals surface area contributed by atoms with E-state index in [1.807, 2.05) is 25.3 Å². The van der Waals surface area contributed by atoms with Gasteiger partial charge in [0.2, 0.25) is 5.91 Å². The maximum absolute atomic E-state index is 11.9. The van der Waals surface area contributed by atoms with Crippen LogP contribution < -0.4 is 5.32 Å². The quantitative estimate of drug-likeness (QED) is 0.827. The minimum atomic E-state index is -0.129. The van der Waals surface area contributed by atoms with Crippen molar-refractivity contribution in [2.24, 2.45) is 5.92 Å².